The van der Waals surface area contributed by atoms with Crippen LogP contribution in [-0.2, 0) is 25.4 Å². The van der Waals surface area contributed by atoms with Crippen molar-refractivity contribution in [3.63, 3.8) is 0 Å². The Morgan fingerprint density at radius 1 is 0.930 bits per heavy atom. The van der Waals surface area contributed by atoms with Gasteiger partial charge in [0.15, 0.2) is 0 Å². The van der Waals surface area contributed by atoms with E-state index in [9.17, 15) is 27.2 Å². The molecule has 0 saturated heterocycles. The first-order chi connectivity index (χ1) is 19.9. The highest BCUT2D eigenvalue weighted by atomic mass is 32.2. The number of amides is 3. The van der Waals surface area contributed by atoms with Crippen LogP contribution < -0.4 is 15.8 Å². The molecule has 230 valence electrons. The zero-order chi connectivity index (χ0) is 30.7. The fourth-order valence-corrected chi connectivity index (χ4v) is 5.08. The van der Waals surface area contributed by atoms with Crippen molar-refractivity contribution in [2.24, 2.45) is 0 Å². The maximum absolute atomic E-state index is 13.4. The lowest BCUT2D eigenvalue weighted by atomic mass is 10.1. The molecule has 0 radical (unpaired) electrons. The second-order valence-corrected chi connectivity index (χ2v) is 11.4. The van der Waals surface area contributed by atoms with Crippen LogP contribution in [0.1, 0.15) is 36.2 Å². The first-order valence-electron chi connectivity index (χ1n) is 13.1. The minimum atomic E-state index is -3.39. The fraction of sp³-hybridized carbons (Fsp3) is 0.258. The van der Waals surface area contributed by atoms with Crippen LogP contribution in [0.4, 0.5) is 10.1 Å². The van der Waals surface area contributed by atoms with Gasteiger partial charge >= 0.3 is 0 Å². The van der Waals surface area contributed by atoms with Crippen molar-refractivity contribution in [3.05, 3.63) is 114 Å². The molecule has 0 aliphatic carbocycles. The molecule has 3 amide bonds. The van der Waals surface area contributed by atoms with Crippen molar-refractivity contribution in [1.82, 2.24) is 19.8 Å². The molecule has 2 aromatic carbocycles. The van der Waals surface area contributed by atoms with E-state index in [1.54, 1.807) is 60.8 Å². The van der Waals surface area contributed by atoms with Crippen molar-refractivity contribution in [2.45, 2.75) is 26.0 Å². The number of para-hydroxylation sites is 1. The molecule has 0 unspecified atom stereocenters. The molecule has 10 nitrogen and oxygen atoms in total. The van der Waals surface area contributed by atoms with E-state index < -0.39 is 15.9 Å². The van der Waals surface area contributed by atoms with Gasteiger partial charge in [-0.2, -0.15) is 0 Å². The number of carbonyl (C=O) groups excluding carboxylic acids is 3. The van der Waals surface area contributed by atoms with Crippen molar-refractivity contribution < 1.29 is 27.2 Å². The number of hydrogen-bond acceptors (Lipinski definition) is 6. The molecule has 12 heteroatoms. The molecule has 4 rings (SSSR count). The Morgan fingerprint density at radius 3 is 2.23 bits per heavy atom. The number of benzene rings is 2. The number of allylic oxidation sites excluding steroid dienone is 2. The summed E-state index contributed by atoms with van der Waals surface area (Å²) in [5.41, 5.74) is 8.13. The quantitative estimate of drug-likeness (QED) is 0.350. The van der Waals surface area contributed by atoms with Gasteiger partial charge in [-0.05, 0) is 34.9 Å². The monoisotopic (exact) mass is 611 g/mol. The number of nitrogen functional groups attached to an aromatic ring is 1. The summed E-state index contributed by atoms with van der Waals surface area (Å²) < 4.78 is 39.7. The minimum absolute atomic E-state index is 0. The first kappa shape index (κ1) is 34.7. The van der Waals surface area contributed by atoms with Crippen molar-refractivity contribution in [1.29, 1.82) is 0 Å². The number of rotatable bonds is 10. The Bertz CT molecular complexity index is 1510. The molecule has 4 N–H and O–H groups in total. The molecule has 43 heavy (non-hydrogen) atoms. The van der Waals surface area contributed by atoms with Crippen LogP contribution in [-0.4, -0.2) is 62.1 Å². The first-order valence-corrected chi connectivity index (χ1v) is 14.7. The molecule has 0 fully saturated rings. The summed E-state index contributed by atoms with van der Waals surface area (Å²) >= 11 is 0. The third-order valence-electron chi connectivity index (χ3n) is 6.20. The van der Waals surface area contributed by atoms with Gasteiger partial charge in [0.25, 0.3) is 5.91 Å². The smallest absolute Gasteiger partial charge is 0.253 e. The highest BCUT2D eigenvalue weighted by Gasteiger charge is 2.21. The predicted octanol–water partition coefficient (Wildman–Crippen LogP) is 3.64. The molecule has 0 spiro atoms. The standard InChI is InChI=1S/C15H16FN3O2.C15H18N2O3S.CH4/c1-10-8-14(20)19(9-12(10)16)7-6-18-15(21)11-4-2-3-5-13(11)17;1-13-7-9-17(15(18)11-13)10-8-16-21(19,20)12-14-5-3-2-4-6-14;/h2-5,9H,1,6-8,17H2,(H,18,21);2-7,9,16H,1,8,10-12H2;1H4. The summed E-state index contributed by atoms with van der Waals surface area (Å²) in [5.74, 6) is -1.20. The lowest BCUT2D eigenvalue weighted by Crippen LogP contribution is -2.37. The van der Waals surface area contributed by atoms with Gasteiger partial charge in [0.05, 0.1) is 24.2 Å². The van der Waals surface area contributed by atoms with E-state index in [4.69, 9.17) is 5.73 Å². The number of hydrogen-bond donors (Lipinski definition) is 3. The fourth-order valence-electron chi connectivity index (χ4n) is 3.95. The van der Waals surface area contributed by atoms with Crippen LogP contribution in [0.25, 0.3) is 0 Å². The van der Waals surface area contributed by atoms with E-state index in [1.165, 1.54) is 9.80 Å². The third kappa shape index (κ3) is 11.0. The second kappa shape index (κ2) is 16.2. The highest BCUT2D eigenvalue weighted by Crippen LogP contribution is 2.21. The van der Waals surface area contributed by atoms with E-state index >= 15 is 0 Å². The lowest BCUT2D eigenvalue weighted by molar-refractivity contribution is -0.129. The molecule has 2 aromatic rings. The van der Waals surface area contributed by atoms with Gasteiger partial charge in [0, 0.05) is 44.3 Å². The number of nitrogens with two attached hydrogens (primary N) is 1. The third-order valence-corrected chi connectivity index (χ3v) is 7.56. The largest absolute Gasteiger partial charge is 0.398 e. The molecule has 2 heterocycles. The average Bonchev–Trinajstić information content (AvgIpc) is 2.93. The molecule has 0 bridgehead atoms. The van der Waals surface area contributed by atoms with Crippen LogP contribution in [0.2, 0.25) is 0 Å². The maximum Gasteiger partial charge on any atom is 0.253 e. The molecule has 2 aliphatic rings. The zero-order valence-electron chi connectivity index (χ0n) is 23.1. The molecular formula is C31H38FN5O5S. The van der Waals surface area contributed by atoms with E-state index in [1.807, 2.05) is 6.07 Å². The lowest BCUT2D eigenvalue weighted by Gasteiger charge is -2.23. The molecule has 0 atom stereocenters. The van der Waals surface area contributed by atoms with Gasteiger partial charge < -0.3 is 20.9 Å². The van der Waals surface area contributed by atoms with E-state index in [-0.39, 0.29) is 69.0 Å². The summed E-state index contributed by atoms with van der Waals surface area (Å²) in [4.78, 5) is 38.0. The number of nitrogens with zero attached hydrogens (tertiary/aromatic N) is 2. The zero-order valence-corrected chi connectivity index (χ0v) is 23.9. The Hall–Kier alpha value is -4.55. The Morgan fingerprint density at radius 2 is 1.56 bits per heavy atom. The maximum atomic E-state index is 13.4. The SMILES string of the molecule is C.C=C1C=CN(CCNS(=O)(=O)Cc2ccccc2)C(=O)C1.C=C1CC(=O)N(CCNC(=O)c2ccccc2N)C=C1F. The topological polar surface area (TPSA) is 142 Å². The number of nitrogens with one attached hydrogen (secondary N) is 2. The van der Waals surface area contributed by atoms with Gasteiger partial charge in [0.2, 0.25) is 21.8 Å². The van der Waals surface area contributed by atoms with Gasteiger partial charge in [-0.25, -0.2) is 17.5 Å². The molecular weight excluding hydrogens is 573 g/mol. The van der Waals surface area contributed by atoms with Crippen LogP contribution in [0, 0.1) is 0 Å². The van der Waals surface area contributed by atoms with E-state index in [0.717, 1.165) is 17.3 Å². The summed E-state index contributed by atoms with van der Waals surface area (Å²) in [5, 5.41) is 2.65. The summed E-state index contributed by atoms with van der Waals surface area (Å²) in [6, 6.07) is 15.7. The number of halogens is 1. The average molecular weight is 612 g/mol. The second-order valence-electron chi connectivity index (χ2n) is 9.56. The van der Waals surface area contributed by atoms with Crippen LogP contribution in [0.3, 0.4) is 0 Å². The Labute approximate surface area is 252 Å². The van der Waals surface area contributed by atoms with E-state index in [2.05, 4.69) is 23.2 Å². The van der Waals surface area contributed by atoms with Crippen molar-refractivity contribution >= 4 is 33.4 Å². The normalized spacial score (nSPS) is 14.9. The van der Waals surface area contributed by atoms with Crippen LogP contribution in [0.15, 0.2) is 103 Å². The predicted molar refractivity (Wildman–Crippen MR) is 166 cm³/mol. The highest BCUT2D eigenvalue weighted by molar-refractivity contribution is 7.88. The molecule has 0 aromatic heterocycles. The summed E-state index contributed by atoms with van der Waals surface area (Å²) in [6.07, 6.45) is 4.76. The van der Waals surface area contributed by atoms with Gasteiger partial charge in [0.1, 0.15) is 5.83 Å². The Kier molecular flexibility index (Phi) is 13.0. The van der Waals surface area contributed by atoms with E-state index in [0.29, 0.717) is 17.8 Å². The number of carbonyl (C=O) groups is 3. The van der Waals surface area contributed by atoms with Crippen molar-refractivity contribution in [3.8, 4) is 0 Å². The van der Waals surface area contributed by atoms with Crippen molar-refractivity contribution in [2.75, 3.05) is 31.9 Å². The van der Waals surface area contributed by atoms with Gasteiger partial charge in [-0.3, -0.25) is 14.4 Å². The van der Waals surface area contributed by atoms with Crippen LogP contribution >= 0.6 is 0 Å². The summed E-state index contributed by atoms with van der Waals surface area (Å²) in [7, 11) is -3.39. The van der Waals surface area contributed by atoms with Gasteiger partial charge in [-0.15, -0.1) is 0 Å². The number of sulfonamides is 1. The molecule has 2 aliphatic heterocycles. The summed E-state index contributed by atoms with van der Waals surface area (Å²) in [6.45, 7) is 8.09. The Balaban J connectivity index is 0.000000293. The van der Waals surface area contributed by atoms with Crippen LogP contribution in [0.5, 0.6) is 0 Å². The molecule has 0 saturated carbocycles. The number of anilines is 1. The van der Waals surface area contributed by atoms with Gasteiger partial charge in [-0.1, -0.05) is 63.0 Å². The minimum Gasteiger partial charge on any atom is -0.398 e.